The molecule has 0 radical (unpaired) electrons. The molecule has 0 aromatic heterocycles. The Morgan fingerprint density at radius 1 is 1.24 bits per heavy atom. The molecule has 1 unspecified atom stereocenters. The summed E-state index contributed by atoms with van der Waals surface area (Å²) in [5.74, 6) is 5.32. The van der Waals surface area contributed by atoms with Gasteiger partial charge in [0.15, 0.2) is 0 Å². The fraction of sp³-hybridized carbons (Fsp3) is 0.412. The normalized spacial score (nSPS) is 17.4. The summed E-state index contributed by atoms with van der Waals surface area (Å²) in [6.45, 7) is 3.61. The minimum absolute atomic E-state index is 0.101. The topological polar surface area (TPSA) is 57.6 Å². The fourth-order valence-electron chi connectivity index (χ4n) is 2.57. The van der Waals surface area contributed by atoms with Gasteiger partial charge in [-0.2, -0.15) is 0 Å². The second-order valence-corrected chi connectivity index (χ2v) is 5.43. The van der Waals surface area contributed by atoms with Crippen LogP contribution in [0.3, 0.4) is 0 Å². The monoisotopic (exact) mass is 285 g/mol. The molecule has 1 aliphatic heterocycles. The highest BCUT2D eigenvalue weighted by Gasteiger charge is 2.33. The zero-order valence-corrected chi connectivity index (χ0v) is 12.3. The number of rotatable bonds is 2. The van der Waals surface area contributed by atoms with E-state index in [1.807, 2.05) is 38.1 Å². The van der Waals surface area contributed by atoms with Crippen molar-refractivity contribution in [3.8, 4) is 11.8 Å². The van der Waals surface area contributed by atoms with Gasteiger partial charge in [0.2, 0.25) is 11.8 Å². The zero-order valence-electron chi connectivity index (χ0n) is 12.3. The van der Waals surface area contributed by atoms with Gasteiger partial charge in [0.05, 0.1) is 6.04 Å². The molecule has 0 saturated carbocycles. The highest BCUT2D eigenvalue weighted by Crippen LogP contribution is 2.28. The van der Waals surface area contributed by atoms with Crippen LogP contribution in [0.1, 0.15) is 43.9 Å². The molecule has 1 N–H and O–H groups in total. The van der Waals surface area contributed by atoms with E-state index in [0.717, 1.165) is 11.1 Å². The lowest BCUT2D eigenvalue weighted by molar-refractivity contribution is -0.152. The van der Waals surface area contributed by atoms with E-state index >= 15 is 0 Å². The Balaban J connectivity index is 2.17. The van der Waals surface area contributed by atoms with Crippen LogP contribution in [0.2, 0.25) is 0 Å². The number of carbonyl (C=O) groups is 2. The quantitative estimate of drug-likeness (QED) is 0.666. The fourth-order valence-corrected chi connectivity index (χ4v) is 2.57. The van der Waals surface area contributed by atoms with Crippen LogP contribution in [-0.2, 0) is 9.59 Å². The smallest absolute Gasteiger partial charge is 0.230 e. The maximum Gasteiger partial charge on any atom is 0.230 e. The van der Waals surface area contributed by atoms with Crippen LogP contribution >= 0.6 is 0 Å². The van der Waals surface area contributed by atoms with Crippen molar-refractivity contribution in [2.45, 2.75) is 32.7 Å². The standard InChI is InChI=1S/C17H19NO3/c1-12-10-16(20)18(17(21)11-12)13(2)15-7-5-14(6-8-15)4-3-9-19/h5-8,12-13,19H,9-11H2,1-2H3. The van der Waals surface area contributed by atoms with Crippen LogP contribution < -0.4 is 0 Å². The molecule has 4 heteroatoms. The van der Waals surface area contributed by atoms with Crippen molar-refractivity contribution in [2.24, 2.45) is 5.92 Å². The number of benzene rings is 1. The van der Waals surface area contributed by atoms with Crippen molar-refractivity contribution in [1.82, 2.24) is 4.90 Å². The summed E-state index contributed by atoms with van der Waals surface area (Å²) in [6, 6.07) is 7.12. The number of amides is 2. The molecule has 1 aliphatic rings. The molecule has 21 heavy (non-hydrogen) atoms. The predicted molar refractivity (Wildman–Crippen MR) is 79.1 cm³/mol. The van der Waals surface area contributed by atoms with Gasteiger partial charge in [-0.1, -0.05) is 30.9 Å². The summed E-state index contributed by atoms with van der Waals surface area (Å²) in [5, 5.41) is 8.67. The van der Waals surface area contributed by atoms with Crippen molar-refractivity contribution < 1.29 is 14.7 Å². The van der Waals surface area contributed by atoms with Crippen molar-refractivity contribution in [3.63, 3.8) is 0 Å². The van der Waals surface area contributed by atoms with Gasteiger partial charge >= 0.3 is 0 Å². The summed E-state index contributed by atoms with van der Waals surface area (Å²) in [6.07, 6.45) is 0.853. The summed E-state index contributed by atoms with van der Waals surface area (Å²) in [7, 11) is 0. The Labute approximate surface area is 124 Å². The first-order chi connectivity index (χ1) is 10.0. The number of imide groups is 1. The van der Waals surface area contributed by atoms with E-state index in [-0.39, 0.29) is 30.4 Å². The van der Waals surface area contributed by atoms with E-state index < -0.39 is 0 Å². The van der Waals surface area contributed by atoms with E-state index in [9.17, 15) is 9.59 Å². The van der Waals surface area contributed by atoms with E-state index in [2.05, 4.69) is 11.8 Å². The number of carbonyl (C=O) groups excluding carboxylic acids is 2. The average molecular weight is 285 g/mol. The highest BCUT2D eigenvalue weighted by molar-refractivity contribution is 5.98. The third kappa shape index (κ3) is 3.50. The maximum atomic E-state index is 12.1. The van der Waals surface area contributed by atoms with Crippen LogP contribution in [0.25, 0.3) is 0 Å². The van der Waals surface area contributed by atoms with Gasteiger partial charge in [-0.3, -0.25) is 14.5 Å². The molecule has 0 aliphatic carbocycles. The Morgan fingerprint density at radius 2 is 1.81 bits per heavy atom. The Morgan fingerprint density at radius 3 is 2.33 bits per heavy atom. The summed E-state index contributed by atoms with van der Waals surface area (Å²) in [4.78, 5) is 25.6. The van der Waals surface area contributed by atoms with Gasteiger partial charge in [0.1, 0.15) is 6.61 Å². The van der Waals surface area contributed by atoms with E-state index in [0.29, 0.717) is 12.8 Å². The molecule has 1 fully saturated rings. The maximum absolute atomic E-state index is 12.1. The van der Waals surface area contributed by atoms with Crippen molar-refractivity contribution >= 4 is 11.8 Å². The van der Waals surface area contributed by atoms with Crippen LogP contribution in [0, 0.1) is 17.8 Å². The van der Waals surface area contributed by atoms with Gasteiger partial charge in [0.25, 0.3) is 0 Å². The molecule has 1 aromatic carbocycles. The van der Waals surface area contributed by atoms with Crippen LogP contribution in [0.5, 0.6) is 0 Å². The SMILES string of the molecule is CC1CC(=O)N(C(C)c2ccc(C#CCO)cc2)C(=O)C1. The van der Waals surface area contributed by atoms with Gasteiger partial charge in [-0.25, -0.2) is 0 Å². The molecular weight excluding hydrogens is 266 g/mol. The summed E-state index contributed by atoms with van der Waals surface area (Å²) < 4.78 is 0. The van der Waals surface area contributed by atoms with Crippen molar-refractivity contribution in [3.05, 3.63) is 35.4 Å². The number of aliphatic hydroxyl groups excluding tert-OH is 1. The van der Waals surface area contributed by atoms with E-state index in [1.54, 1.807) is 0 Å². The first kappa shape index (κ1) is 15.3. The lowest BCUT2D eigenvalue weighted by Crippen LogP contribution is -2.44. The molecule has 1 saturated heterocycles. The number of piperidine rings is 1. The molecule has 1 heterocycles. The second-order valence-electron chi connectivity index (χ2n) is 5.43. The molecule has 4 nitrogen and oxygen atoms in total. The minimum atomic E-state index is -0.266. The van der Waals surface area contributed by atoms with Gasteiger partial charge in [0, 0.05) is 18.4 Å². The number of nitrogens with zero attached hydrogens (tertiary/aromatic N) is 1. The molecule has 1 atom stereocenters. The van der Waals surface area contributed by atoms with Crippen molar-refractivity contribution in [2.75, 3.05) is 6.61 Å². The molecule has 2 rings (SSSR count). The summed E-state index contributed by atoms with van der Waals surface area (Å²) in [5.41, 5.74) is 1.70. The molecule has 0 spiro atoms. The number of hydrogen-bond acceptors (Lipinski definition) is 3. The minimum Gasteiger partial charge on any atom is -0.384 e. The van der Waals surface area contributed by atoms with Gasteiger partial charge < -0.3 is 5.11 Å². The number of aliphatic hydroxyl groups is 1. The first-order valence-electron chi connectivity index (χ1n) is 7.07. The lowest BCUT2D eigenvalue weighted by Gasteiger charge is -2.33. The Bertz CT molecular complexity index is 577. The molecular formula is C17H19NO3. The predicted octanol–water partition coefficient (Wildman–Crippen LogP) is 1.88. The molecule has 2 amide bonds. The largest absolute Gasteiger partial charge is 0.384 e. The Hall–Kier alpha value is -2.12. The average Bonchev–Trinajstić information content (AvgIpc) is 2.44. The molecule has 110 valence electrons. The Kier molecular flexibility index (Phi) is 4.77. The van der Waals surface area contributed by atoms with Crippen LogP contribution in [0.4, 0.5) is 0 Å². The lowest BCUT2D eigenvalue weighted by atomic mass is 9.95. The van der Waals surface area contributed by atoms with Crippen LogP contribution in [-0.4, -0.2) is 28.4 Å². The third-order valence-electron chi connectivity index (χ3n) is 3.68. The highest BCUT2D eigenvalue weighted by atomic mass is 16.2. The number of likely N-dealkylation sites (tertiary alicyclic amines) is 1. The summed E-state index contributed by atoms with van der Waals surface area (Å²) >= 11 is 0. The third-order valence-corrected chi connectivity index (χ3v) is 3.68. The number of hydrogen-bond donors (Lipinski definition) is 1. The molecule has 0 bridgehead atoms. The van der Waals surface area contributed by atoms with Gasteiger partial charge in [-0.05, 0) is 30.5 Å². The molecule has 1 aromatic rings. The van der Waals surface area contributed by atoms with Crippen LogP contribution in [0.15, 0.2) is 24.3 Å². The zero-order chi connectivity index (χ0) is 15.4. The van der Waals surface area contributed by atoms with E-state index in [4.69, 9.17) is 5.11 Å². The van der Waals surface area contributed by atoms with E-state index in [1.165, 1.54) is 4.90 Å². The van der Waals surface area contributed by atoms with Gasteiger partial charge in [-0.15, -0.1) is 0 Å². The second kappa shape index (κ2) is 6.55. The van der Waals surface area contributed by atoms with Crippen molar-refractivity contribution in [1.29, 1.82) is 0 Å². The first-order valence-corrected chi connectivity index (χ1v) is 7.07.